The number of carboxylic acids is 1. The molecule has 0 bridgehead atoms. The maximum atomic E-state index is 13.2. The predicted molar refractivity (Wildman–Crippen MR) is 320 cm³/mol. The first-order chi connectivity index (χ1) is 41.9. The molecule has 3 unspecified atom stereocenters. The van der Waals surface area contributed by atoms with Gasteiger partial charge in [-0.25, -0.2) is 14.4 Å². The van der Waals surface area contributed by atoms with Crippen LogP contribution in [-0.2, 0) is 42.9 Å². The van der Waals surface area contributed by atoms with Crippen molar-refractivity contribution in [2.45, 2.75) is 86.0 Å². The Morgan fingerprint density at radius 1 is 0.494 bits per heavy atom. The molecule has 3 aliphatic rings. The Kier molecular flexibility index (Phi) is 17.2. The molecule has 0 fully saturated rings. The van der Waals surface area contributed by atoms with Gasteiger partial charge in [-0.05, 0) is 143 Å². The zero-order valence-electron chi connectivity index (χ0n) is 49.3. The molecule has 25 heteroatoms. The molecule has 25 nitrogen and oxygen atoms in total. The van der Waals surface area contributed by atoms with Gasteiger partial charge in [-0.2, -0.15) is 14.0 Å². The number of carboxylic acid groups (broad SMARTS) is 1. The summed E-state index contributed by atoms with van der Waals surface area (Å²) in [6.45, 7) is 16.2. The van der Waals surface area contributed by atoms with Crippen molar-refractivity contribution in [3.05, 3.63) is 178 Å². The number of nitrogens with one attached hydrogen (secondary N) is 1. The minimum Gasteiger partial charge on any atom is -0.480 e. The first-order valence-electron chi connectivity index (χ1n) is 28.1. The Morgan fingerprint density at radius 2 is 0.862 bits per heavy atom. The van der Waals surface area contributed by atoms with Crippen LogP contribution >= 0.6 is 0 Å². The molecule has 0 saturated heterocycles. The fourth-order valence-corrected chi connectivity index (χ4v) is 11.1. The molecule has 6 heterocycles. The summed E-state index contributed by atoms with van der Waals surface area (Å²) >= 11 is 0. The van der Waals surface area contributed by atoms with Crippen LogP contribution in [0.4, 0.5) is 17.8 Å². The van der Waals surface area contributed by atoms with Crippen molar-refractivity contribution in [2.24, 2.45) is 0 Å². The maximum absolute atomic E-state index is 13.2. The number of benzene rings is 6. The lowest BCUT2D eigenvalue weighted by molar-refractivity contribution is -0.153. The highest BCUT2D eigenvalue weighted by atomic mass is 16.6. The molecule has 0 radical (unpaired) electrons. The van der Waals surface area contributed by atoms with Crippen molar-refractivity contribution in [1.29, 1.82) is 0 Å². The lowest BCUT2D eigenvalue weighted by atomic mass is 9.91. The highest BCUT2D eigenvalue weighted by molar-refractivity contribution is 5.98. The van der Waals surface area contributed by atoms with Gasteiger partial charge in [0.25, 0.3) is 11.9 Å². The lowest BCUT2D eigenvalue weighted by Crippen LogP contribution is -2.41. The molecule has 87 heavy (non-hydrogen) atoms. The van der Waals surface area contributed by atoms with Gasteiger partial charge in [-0.1, -0.05) is 143 Å². The van der Waals surface area contributed by atoms with Crippen molar-refractivity contribution < 1.29 is 48.0 Å². The number of allylic oxidation sites excluding steroid dienone is 3. The van der Waals surface area contributed by atoms with Gasteiger partial charge in [-0.3, -0.25) is 9.59 Å². The largest absolute Gasteiger partial charge is 0.480 e. The first-order valence-corrected chi connectivity index (χ1v) is 28.1. The molecular weight excluding hydrogens is 1110 g/mol. The number of hydrogen-bond acceptors (Lipinski definition) is 21. The maximum Gasteiger partial charge on any atom is 0.338 e. The van der Waals surface area contributed by atoms with E-state index in [4.69, 9.17) is 18.9 Å². The van der Waals surface area contributed by atoms with E-state index in [1.54, 1.807) is 69.7 Å². The van der Waals surface area contributed by atoms with Crippen molar-refractivity contribution in [3.8, 4) is 0 Å². The summed E-state index contributed by atoms with van der Waals surface area (Å²) in [6.07, 6.45) is 0. The van der Waals surface area contributed by atoms with E-state index in [1.165, 1.54) is 9.58 Å². The van der Waals surface area contributed by atoms with Gasteiger partial charge < -0.3 is 39.2 Å². The number of nitrogens with zero attached hydrogens (tertiary/aromatic N) is 14. The van der Waals surface area contributed by atoms with Crippen molar-refractivity contribution in [3.63, 3.8) is 0 Å². The SMILES string of the molecule is CCOC(=O)C1=C(C)N(CC(=O)O)c2nnnn2C1c1cccc2ccccc12.CCOC(=O)C1=C(C)N(CC(=O)OC(C)(C)C)c2nnnn2C1c1cccc2ccccc12.CCOC(=O)C1=C(C)Nc2nnnn2C1c1cccc2ccccc12. The Bertz CT molecular complexity index is 4200. The minimum atomic E-state index is -1.06. The van der Waals surface area contributed by atoms with Crippen molar-refractivity contribution in [2.75, 3.05) is 48.0 Å². The minimum absolute atomic E-state index is 0.144. The molecule has 3 aromatic heterocycles. The number of carbonyl (C=O) groups excluding carboxylic acids is 4. The van der Waals surface area contributed by atoms with Crippen LogP contribution in [0.15, 0.2) is 161 Å². The van der Waals surface area contributed by atoms with Crippen LogP contribution in [0, 0.1) is 0 Å². The summed E-state index contributed by atoms with van der Waals surface area (Å²) in [7, 11) is 0. The molecule has 6 aromatic carbocycles. The van der Waals surface area contributed by atoms with Crippen molar-refractivity contribution >= 4 is 80.0 Å². The summed E-state index contributed by atoms with van der Waals surface area (Å²) in [5.41, 5.74) is 4.87. The van der Waals surface area contributed by atoms with Crippen LogP contribution in [0.1, 0.15) is 97.1 Å². The highest BCUT2D eigenvalue weighted by Crippen LogP contribution is 2.43. The van der Waals surface area contributed by atoms with E-state index in [2.05, 4.69) is 51.9 Å². The molecule has 446 valence electrons. The third-order valence-corrected chi connectivity index (χ3v) is 14.6. The Labute approximate surface area is 498 Å². The molecule has 2 N–H and O–H groups in total. The second-order valence-electron chi connectivity index (χ2n) is 21.2. The van der Waals surface area contributed by atoms with E-state index >= 15 is 0 Å². The van der Waals surface area contributed by atoms with E-state index in [0.717, 1.165) is 49.0 Å². The summed E-state index contributed by atoms with van der Waals surface area (Å²) < 4.78 is 26.2. The molecule has 0 aliphatic carbocycles. The number of fused-ring (bicyclic) bond motifs is 6. The molecule has 3 aliphatic heterocycles. The van der Waals surface area contributed by atoms with Crippen LogP contribution in [0.5, 0.6) is 0 Å². The van der Waals surface area contributed by atoms with Crippen LogP contribution in [0.3, 0.4) is 0 Å². The molecule has 0 spiro atoms. The third-order valence-electron chi connectivity index (χ3n) is 14.6. The standard InChI is InChI=1S/C24H27N5O4.C20H19N5O4.C18H17N5O2/c1-6-32-22(31)20-15(2)28(14-19(30)33-24(3,4)5)23-25-26-27-29(23)21(20)18-13-9-11-16-10-7-8-12-17(16)18;1-3-29-19(28)17-12(2)24(11-16(26)27)20-21-22-23-25(20)18(17)15-10-6-8-13-7-4-5-9-14(13)15;1-3-25-17(24)15-11(2)19-18-20-21-22-23(18)16(15)14-10-6-8-12-7-4-5-9-13(12)14/h7-13,21H,6,14H2,1-5H3;4-10,18H,3,11H2,1-2H3,(H,26,27);4-10,16H,3H2,1-2H3,(H,19,20,22). The summed E-state index contributed by atoms with van der Waals surface area (Å²) in [5, 5.41) is 54.5. The fourth-order valence-electron chi connectivity index (χ4n) is 11.1. The highest BCUT2D eigenvalue weighted by Gasteiger charge is 2.42. The summed E-state index contributed by atoms with van der Waals surface area (Å²) in [6, 6.07) is 39.8. The van der Waals surface area contributed by atoms with Gasteiger partial charge in [0.15, 0.2) is 0 Å². The number of ether oxygens (including phenoxy) is 4. The summed E-state index contributed by atoms with van der Waals surface area (Å²) in [5.74, 6) is -1.79. The number of tetrazole rings is 3. The normalized spacial score (nSPS) is 16.2. The number of rotatable bonds is 13. The Hall–Kier alpha value is -10.7. The fraction of sp³-hybridized carbons (Fsp3) is 0.290. The molecule has 3 atom stereocenters. The predicted octanol–water partition coefficient (Wildman–Crippen LogP) is 8.25. The van der Waals surface area contributed by atoms with Gasteiger partial charge in [0, 0.05) is 17.1 Å². The summed E-state index contributed by atoms with van der Waals surface area (Å²) in [4.78, 5) is 65.9. The smallest absolute Gasteiger partial charge is 0.338 e. The van der Waals surface area contributed by atoms with Crippen LogP contribution in [0.25, 0.3) is 32.3 Å². The van der Waals surface area contributed by atoms with Crippen molar-refractivity contribution in [1.82, 2.24) is 60.6 Å². The average molecular weight is 1180 g/mol. The number of hydrogen-bond donors (Lipinski definition) is 2. The molecule has 9 aromatic rings. The van der Waals surface area contributed by atoms with Gasteiger partial charge >= 0.3 is 29.8 Å². The first kappa shape index (κ1) is 59.4. The number of esters is 4. The number of aliphatic carboxylic acids is 1. The van der Waals surface area contributed by atoms with E-state index in [-0.39, 0.29) is 38.2 Å². The van der Waals surface area contributed by atoms with Crippen LogP contribution in [-0.4, -0.2) is 134 Å². The number of carbonyl (C=O) groups is 5. The molecule has 0 saturated carbocycles. The second kappa shape index (κ2) is 25.2. The quantitative estimate of drug-likeness (QED) is 0.0811. The third kappa shape index (κ3) is 11.9. The Balaban J connectivity index is 0.000000146. The molecular formula is C62H63N15O10. The van der Waals surface area contributed by atoms with E-state index in [1.807, 2.05) is 134 Å². The van der Waals surface area contributed by atoms with Crippen LogP contribution < -0.4 is 15.1 Å². The lowest BCUT2D eigenvalue weighted by Gasteiger charge is -2.35. The van der Waals surface area contributed by atoms with Gasteiger partial charge in [0.1, 0.15) is 36.8 Å². The Morgan fingerprint density at radius 3 is 1.28 bits per heavy atom. The van der Waals surface area contributed by atoms with Gasteiger partial charge in [0.2, 0.25) is 5.95 Å². The average Bonchev–Trinajstić information content (AvgIpc) is 2.00. The molecule has 12 rings (SSSR count). The topological polar surface area (TPSA) is 292 Å². The number of aromatic nitrogens is 12. The zero-order valence-corrected chi connectivity index (χ0v) is 49.3. The van der Waals surface area contributed by atoms with E-state index < -0.39 is 47.6 Å². The van der Waals surface area contributed by atoms with Crippen LogP contribution in [0.2, 0.25) is 0 Å². The molecule has 0 amide bonds. The zero-order chi connectivity index (χ0) is 61.7. The second-order valence-corrected chi connectivity index (χ2v) is 21.2. The number of anilines is 3. The van der Waals surface area contributed by atoms with Gasteiger partial charge in [0.05, 0.1) is 36.5 Å². The van der Waals surface area contributed by atoms with Gasteiger partial charge in [-0.15, -0.1) is 0 Å². The van der Waals surface area contributed by atoms with E-state index in [9.17, 15) is 29.1 Å². The monoisotopic (exact) mass is 1180 g/mol. The van der Waals surface area contributed by atoms with E-state index in [0.29, 0.717) is 52.3 Å².